The smallest absolute Gasteiger partial charge is 0.258 e. The lowest BCUT2D eigenvalue weighted by Crippen LogP contribution is -2.43. The fourth-order valence-electron chi connectivity index (χ4n) is 2.36. The van der Waals surface area contributed by atoms with Crippen LogP contribution in [0.2, 0.25) is 0 Å². The van der Waals surface area contributed by atoms with Crippen LogP contribution in [0.15, 0.2) is 24.3 Å². The molecule has 1 aliphatic rings. The minimum Gasteiger partial charge on any atom is -0.493 e. The Kier molecular flexibility index (Phi) is 5.83. The van der Waals surface area contributed by atoms with E-state index >= 15 is 0 Å². The average Bonchev–Trinajstić information content (AvgIpc) is 3.36. The zero-order valence-corrected chi connectivity index (χ0v) is 13.2. The van der Waals surface area contributed by atoms with Crippen LogP contribution in [0.3, 0.4) is 0 Å². The third-order valence-corrected chi connectivity index (χ3v) is 3.70. The van der Waals surface area contributed by atoms with Crippen LogP contribution in [0.4, 0.5) is 0 Å². The Morgan fingerprint density at radius 3 is 2.82 bits per heavy atom. The van der Waals surface area contributed by atoms with Gasteiger partial charge < -0.3 is 20.5 Å². The summed E-state index contributed by atoms with van der Waals surface area (Å²) in [7, 11) is 1.58. The van der Waals surface area contributed by atoms with E-state index in [-0.39, 0.29) is 18.6 Å². The Morgan fingerprint density at radius 1 is 1.45 bits per heavy atom. The number of benzene rings is 1. The molecule has 1 atom stereocenters. The standard InChI is InChI=1S/C17H24N2O3/c1-3-4-12-5-8-15(16(9-12)21-2)22-11-17(20)19-14(10-18)13-6-7-13/h3-5,8-9,13-14H,6-7,10-11,18H2,1-2H3,(H,19,20)/b4-3+. The number of ether oxygens (including phenoxy) is 2. The number of amides is 1. The van der Waals surface area contributed by atoms with Crippen molar-refractivity contribution >= 4 is 12.0 Å². The van der Waals surface area contributed by atoms with Gasteiger partial charge in [-0.2, -0.15) is 0 Å². The summed E-state index contributed by atoms with van der Waals surface area (Å²) >= 11 is 0. The van der Waals surface area contributed by atoms with Crippen molar-refractivity contribution in [2.75, 3.05) is 20.3 Å². The number of hydrogen-bond donors (Lipinski definition) is 2. The van der Waals surface area contributed by atoms with Crippen LogP contribution >= 0.6 is 0 Å². The Labute approximate surface area is 131 Å². The first-order chi connectivity index (χ1) is 10.7. The van der Waals surface area contributed by atoms with Gasteiger partial charge in [-0.25, -0.2) is 0 Å². The van der Waals surface area contributed by atoms with E-state index in [2.05, 4.69) is 5.32 Å². The number of carbonyl (C=O) groups is 1. The topological polar surface area (TPSA) is 73.6 Å². The largest absolute Gasteiger partial charge is 0.493 e. The van der Waals surface area contributed by atoms with E-state index in [1.54, 1.807) is 7.11 Å². The number of carbonyl (C=O) groups excluding carboxylic acids is 1. The normalized spacial score (nSPS) is 15.6. The highest BCUT2D eigenvalue weighted by molar-refractivity contribution is 5.78. The molecular formula is C17H24N2O3. The third kappa shape index (κ3) is 4.49. The summed E-state index contributed by atoms with van der Waals surface area (Å²) in [5, 5.41) is 2.93. The van der Waals surface area contributed by atoms with E-state index in [0.717, 1.165) is 18.4 Å². The predicted octanol–water partition coefficient (Wildman–Crippen LogP) is 1.96. The zero-order valence-electron chi connectivity index (χ0n) is 13.2. The molecule has 0 saturated heterocycles. The summed E-state index contributed by atoms with van der Waals surface area (Å²) in [6.45, 7) is 2.38. The Balaban J connectivity index is 1.91. The summed E-state index contributed by atoms with van der Waals surface area (Å²) in [5.74, 6) is 1.55. The van der Waals surface area contributed by atoms with Gasteiger partial charge in [-0.1, -0.05) is 18.2 Å². The van der Waals surface area contributed by atoms with Crippen molar-refractivity contribution in [3.63, 3.8) is 0 Å². The number of hydrogen-bond acceptors (Lipinski definition) is 4. The van der Waals surface area contributed by atoms with E-state index in [9.17, 15) is 4.79 Å². The highest BCUT2D eigenvalue weighted by Crippen LogP contribution is 2.32. The molecular weight excluding hydrogens is 280 g/mol. The Bertz CT molecular complexity index is 539. The maximum atomic E-state index is 11.9. The molecule has 120 valence electrons. The molecule has 0 aromatic heterocycles. The van der Waals surface area contributed by atoms with E-state index in [4.69, 9.17) is 15.2 Å². The summed E-state index contributed by atoms with van der Waals surface area (Å²) in [5.41, 5.74) is 6.70. The molecule has 1 aromatic carbocycles. The zero-order chi connectivity index (χ0) is 15.9. The van der Waals surface area contributed by atoms with Crippen LogP contribution in [0.5, 0.6) is 11.5 Å². The maximum absolute atomic E-state index is 11.9. The van der Waals surface area contributed by atoms with Crippen molar-refractivity contribution in [3.05, 3.63) is 29.8 Å². The number of nitrogens with one attached hydrogen (secondary N) is 1. The Hall–Kier alpha value is -2.01. The number of rotatable bonds is 8. The van der Waals surface area contributed by atoms with Crippen molar-refractivity contribution in [1.29, 1.82) is 0 Å². The van der Waals surface area contributed by atoms with Crippen molar-refractivity contribution in [2.24, 2.45) is 11.7 Å². The summed E-state index contributed by atoms with van der Waals surface area (Å²) in [6.07, 6.45) is 6.21. The molecule has 22 heavy (non-hydrogen) atoms. The molecule has 2 rings (SSSR count). The summed E-state index contributed by atoms with van der Waals surface area (Å²) in [6, 6.07) is 5.67. The van der Waals surface area contributed by atoms with Gasteiger partial charge in [0.1, 0.15) is 0 Å². The van der Waals surface area contributed by atoms with E-state index < -0.39 is 0 Å². The lowest BCUT2D eigenvalue weighted by molar-refractivity contribution is -0.123. The second kappa shape index (κ2) is 7.84. The van der Waals surface area contributed by atoms with Gasteiger partial charge in [0.15, 0.2) is 18.1 Å². The molecule has 1 fully saturated rings. The van der Waals surface area contributed by atoms with Gasteiger partial charge in [-0.3, -0.25) is 4.79 Å². The second-order valence-corrected chi connectivity index (χ2v) is 5.45. The lowest BCUT2D eigenvalue weighted by Gasteiger charge is -2.17. The fraction of sp³-hybridized carbons (Fsp3) is 0.471. The van der Waals surface area contributed by atoms with Crippen LogP contribution in [0.1, 0.15) is 25.3 Å². The molecule has 3 N–H and O–H groups in total. The minimum absolute atomic E-state index is 0.0391. The van der Waals surface area contributed by atoms with E-state index in [0.29, 0.717) is 24.0 Å². The van der Waals surface area contributed by atoms with Gasteiger partial charge >= 0.3 is 0 Å². The van der Waals surface area contributed by atoms with Gasteiger partial charge in [-0.15, -0.1) is 0 Å². The molecule has 0 spiro atoms. The van der Waals surface area contributed by atoms with Crippen molar-refractivity contribution < 1.29 is 14.3 Å². The van der Waals surface area contributed by atoms with E-state index in [1.165, 1.54) is 0 Å². The monoisotopic (exact) mass is 304 g/mol. The van der Waals surface area contributed by atoms with Gasteiger partial charge in [-0.05, 0) is 43.4 Å². The summed E-state index contributed by atoms with van der Waals surface area (Å²) < 4.78 is 10.9. The molecule has 5 nitrogen and oxygen atoms in total. The first-order valence-corrected chi connectivity index (χ1v) is 7.61. The molecule has 1 aliphatic carbocycles. The molecule has 0 heterocycles. The molecule has 0 radical (unpaired) electrons. The third-order valence-electron chi connectivity index (χ3n) is 3.70. The van der Waals surface area contributed by atoms with E-state index in [1.807, 2.05) is 37.3 Å². The van der Waals surface area contributed by atoms with Crippen LogP contribution in [0.25, 0.3) is 6.08 Å². The summed E-state index contributed by atoms with van der Waals surface area (Å²) in [4.78, 5) is 11.9. The van der Waals surface area contributed by atoms with Crippen molar-refractivity contribution in [2.45, 2.75) is 25.8 Å². The SMILES string of the molecule is C/C=C/c1ccc(OCC(=O)NC(CN)C2CC2)c(OC)c1. The minimum atomic E-state index is -0.151. The van der Waals surface area contributed by atoms with Crippen LogP contribution in [-0.2, 0) is 4.79 Å². The molecule has 1 unspecified atom stereocenters. The quantitative estimate of drug-likeness (QED) is 0.770. The molecule has 1 saturated carbocycles. The molecule has 0 bridgehead atoms. The maximum Gasteiger partial charge on any atom is 0.258 e. The highest BCUT2D eigenvalue weighted by atomic mass is 16.5. The molecule has 0 aliphatic heterocycles. The van der Waals surface area contributed by atoms with Gasteiger partial charge in [0.25, 0.3) is 5.91 Å². The Morgan fingerprint density at radius 2 is 2.23 bits per heavy atom. The average molecular weight is 304 g/mol. The predicted molar refractivity (Wildman–Crippen MR) is 86.9 cm³/mol. The van der Waals surface area contributed by atoms with Gasteiger partial charge in [0.05, 0.1) is 7.11 Å². The first-order valence-electron chi connectivity index (χ1n) is 7.61. The van der Waals surface area contributed by atoms with Gasteiger partial charge in [0, 0.05) is 12.6 Å². The molecule has 1 aromatic rings. The van der Waals surface area contributed by atoms with Crippen LogP contribution in [-0.4, -0.2) is 32.2 Å². The van der Waals surface area contributed by atoms with Crippen molar-refractivity contribution in [1.82, 2.24) is 5.32 Å². The number of allylic oxidation sites excluding steroid dienone is 1. The first kappa shape index (κ1) is 16.4. The number of methoxy groups -OCH3 is 1. The highest BCUT2D eigenvalue weighted by Gasteiger charge is 2.31. The van der Waals surface area contributed by atoms with Crippen LogP contribution in [0, 0.1) is 5.92 Å². The van der Waals surface area contributed by atoms with Crippen LogP contribution < -0.4 is 20.5 Å². The molecule has 1 amide bonds. The fourth-order valence-corrected chi connectivity index (χ4v) is 2.36. The molecule has 5 heteroatoms. The van der Waals surface area contributed by atoms with Crippen molar-refractivity contribution in [3.8, 4) is 11.5 Å². The lowest BCUT2D eigenvalue weighted by atomic mass is 10.2. The second-order valence-electron chi connectivity index (χ2n) is 5.45. The number of nitrogens with two attached hydrogens (primary N) is 1. The van der Waals surface area contributed by atoms with Gasteiger partial charge in [0.2, 0.25) is 0 Å².